The first-order valence-corrected chi connectivity index (χ1v) is 5.67. The SMILES string of the molecule is C=CCNCC(=O)Nc1ccc2c(c1)CCO2. The zero-order valence-corrected chi connectivity index (χ0v) is 9.66. The molecular formula is C13H16N2O2. The summed E-state index contributed by atoms with van der Waals surface area (Å²) in [4.78, 5) is 11.5. The lowest BCUT2D eigenvalue weighted by Crippen LogP contribution is -2.28. The van der Waals surface area contributed by atoms with Crippen molar-refractivity contribution in [2.75, 3.05) is 25.0 Å². The van der Waals surface area contributed by atoms with E-state index in [1.54, 1.807) is 6.08 Å². The molecule has 17 heavy (non-hydrogen) atoms. The third kappa shape index (κ3) is 3.07. The maximum atomic E-state index is 11.5. The Morgan fingerprint density at radius 1 is 1.53 bits per heavy atom. The number of fused-ring (bicyclic) bond motifs is 1. The monoisotopic (exact) mass is 232 g/mol. The van der Waals surface area contributed by atoms with Gasteiger partial charge in [0, 0.05) is 18.7 Å². The van der Waals surface area contributed by atoms with Crippen molar-refractivity contribution in [3.63, 3.8) is 0 Å². The molecule has 1 amide bonds. The summed E-state index contributed by atoms with van der Waals surface area (Å²) in [5.41, 5.74) is 1.97. The second kappa shape index (κ2) is 5.50. The zero-order valence-electron chi connectivity index (χ0n) is 9.66. The molecule has 0 unspecified atom stereocenters. The van der Waals surface area contributed by atoms with Gasteiger partial charge in [-0.3, -0.25) is 4.79 Å². The molecule has 0 atom stereocenters. The third-order valence-electron chi connectivity index (χ3n) is 2.55. The number of anilines is 1. The Hall–Kier alpha value is -1.81. The van der Waals surface area contributed by atoms with Crippen LogP contribution in [-0.2, 0) is 11.2 Å². The minimum atomic E-state index is -0.0503. The van der Waals surface area contributed by atoms with Crippen molar-refractivity contribution in [1.82, 2.24) is 5.32 Å². The van der Waals surface area contributed by atoms with Gasteiger partial charge < -0.3 is 15.4 Å². The molecule has 4 nitrogen and oxygen atoms in total. The van der Waals surface area contributed by atoms with Crippen molar-refractivity contribution in [3.8, 4) is 5.75 Å². The quantitative estimate of drug-likeness (QED) is 0.595. The molecule has 1 heterocycles. The van der Waals surface area contributed by atoms with Gasteiger partial charge in [0.25, 0.3) is 0 Å². The van der Waals surface area contributed by atoms with E-state index in [1.807, 2.05) is 18.2 Å². The highest BCUT2D eigenvalue weighted by atomic mass is 16.5. The molecule has 2 N–H and O–H groups in total. The van der Waals surface area contributed by atoms with E-state index in [-0.39, 0.29) is 5.91 Å². The molecular weight excluding hydrogens is 216 g/mol. The minimum Gasteiger partial charge on any atom is -0.493 e. The van der Waals surface area contributed by atoms with E-state index < -0.39 is 0 Å². The second-order valence-electron chi connectivity index (χ2n) is 3.89. The van der Waals surface area contributed by atoms with Gasteiger partial charge in [-0.2, -0.15) is 0 Å². The second-order valence-corrected chi connectivity index (χ2v) is 3.89. The molecule has 2 rings (SSSR count). The van der Waals surface area contributed by atoms with E-state index in [2.05, 4.69) is 17.2 Å². The summed E-state index contributed by atoms with van der Waals surface area (Å²) in [6.45, 7) is 5.22. The van der Waals surface area contributed by atoms with Crippen molar-refractivity contribution < 1.29 is 9.53 Å². The van der Waals surface area contributed by atoms with Gasteiger partial charge in [-0.25, -0.2) is 0 Å². The van der Waals surface area contributed by atoms with Crippen LogP contribution in [0.15, 0.2) is 30.9 Å². The van der Waals surface area contributed by atoms with Crippen LogP contribution in [0.2, 0.25) is 0 Å². The van der Waals surface area contributed by atoms with Crippen molar-refractivity contribution >= 4 is 11.6 Å². The van der Waals surface area contributed by atoms with E-state index in [1.165, 1.54) is 0 Å². The Bertz CT molecular complexity index is 429. The maximum Gasteiger partial charge on any atom is 0.238 e. The fraction of sp³-hybridized carbons (Fsp3) is 0.308. The number of ether oxygens (including phenoxy) is 1. The van der Waals surface area contributed by atoms with Gasteiger partial charge in [0.2, 0.25) is 5.91 Å². The molecule has 0 fully saturated rings. The lowest BCUT2D eigenvalue weighted by molar-refractivity contribution is -0.115. The first-order valence-electron chi connectivity index (χ1n) is 5.67. The summed E-state index contributed by atoms with van der Waals surface area (Å²) in [6.07, 6.45) is 2.63. The topological polar surface area (TPSA) is 50.4 Å². The van der Waals surface area contributed by atoms with Gasteiger partial charge in [-0.05, 0) is 23.8 Å². The van der Waals surface area contributed by atoms with Gasteiger partial charge >= 0.3 is 0 Å². The maximum absolute atomic E-state index is 11.5. The van der Waals surface area contributed by atoms with Crippen LogP contribution in [0.4, 0.5) is 5.69 Å². The van der Waals surface area contributed by atoms with Crippen molar-refractivity contribution in [2.24, 2.45) is 0 Å². The molecule has 0 aliphatic carbocycles. The van der Waals surface area contributed by atoms with Crippen LogP contribution in [-0.4, -0.2) is 25.6 Å². The standard InChI is InChI=1S/C13H16N2O2/c1-2-6-14-9-13(16)15-11-3-4-12-10(8-11)5-7-17-12/h2-4,8,14H,1,5-7,9H2,(H,15,16). The Morgan fingerprint density at radius 3 is 3.24 bits per heavy atom. The largest absolute Gasteiger partial charge is 0.493 e. The predicted molar refractivity (Wildman–Crippen MR) is 67.3 cm³/mol. The molecule has 90 valence electrons. The van der Waals surface area contributed by atoms with Crippen LogP contribution >= 0.6 is 0 Å². The first-order chi connectivity index (χ1) is 8.29. The van der Waals surface area contributed by atoms with E-state index in [0.29, 0.717) is 13.1 Å². The fourth-order valence-corrected chi connectivity index (χ4v) is 1.76. The van der Waals surface area contributed by atoms with Crippen LogP contribution in [0.5, 0.6) is 5.75 Å². The Morgan fingerprint density at radius 2 is 2.41 bits per heavy atom. The van der Waals surface area contributed by atoms with Gasteiger partial charge in [0.1, 0.15) is 5.75 Å². The Labute approximate surface area is 101 Å². The molecule has 0 aromatic heterocycles. The number of hydrogen-bond donors (Lipinski definition) is 2. The molecule has 0 spiro atoms. The summed E-state index contributed by atoms with van der Waals surface area (Å²) in [5.74, 6) is 0.874. The molecule has 0 radical (unpaired) electrons. The molecule has 0 saturated carbocycles. The first kappa shape index (κ1) is 11.7. The molecule has 1 aromatic carbocycles. The number of amides is 1. The average Bonchev–Trinajstić information content (AvgIpc) is 2.76. The Balaban J connectivity index is 1.90. The smallest absolute Gasteiger partial charge is 0.238 e. The van der Waals surface area contributed by atoms with Gasteiger partial charge in [0.15, 0.2) is 0 Å². The molecule has 1 aliphatic heterocycles. The van der Waals surface area contributed by atoms with Crippen molar-refractivity contribution in [1.29, 1.82) is 0 Å². The van der Waals surface area contributed by atoms with E-state index in [0.717, 1.165) is 30.0 Å². The van der Waals surface area contributed by atoms with Gasteiger partial charge in [0.05, 0.1) is 13.2 Å². The number of nitrogens with one attached hydrogen (secondary N) is 2. The summed E-state index contributed by atoms with van der Waals surface area (Å²) in [5, 5.41) is 5.79. The van der Waals surface area contributed by atoms with Crippen molar-refractivity contribution in [3.05, 3.63) is 36.4 Å². The van der Waals surface area contributed by atoms with Crippen molar-refractivity contribution in [2.45, 2.75) is 6.42 Å². The highest BCUT2D eigenvalue weighted by molar-refractivity contribution is 5.92. The van der Waals surface area contributed by atoms with Crippen LogP contribution in [0.3, 0.4) is 0 Å². The Kier molecular flexibility index (Phi) is 3.77. The van der Waals surface area contributed by atoms with Crippen LogP contribution in [0, 0.1) is 0 Å². The summed E-state index contributed by atoms with van der Waals surface area (Å²) in [7, 11) is 0. The number of hydrogen-bond acceptors (Lipinski definition) is 3. The molecule has 0 bridgehead atoms. The number of benzene rings is 1. The molecule has 4 heteroatoms. The molecule has 0 saturated heterocycles. The third-order valence-corrected chi connectivity index (χ3v) is 2.55. The van der Waals surface area contributed by atoms with Crippen LogP contribution < -0.4 is 15.4 Å². The summed E-state index contributed by atoms with van der Waals surface area (Å²) < 4.78 is 5.40. The molecule has 1 aliphatic rings. The average molecular weight is 232 g/mol. The van der Waals surface area contributed by atoms with Crippen LogP contribution in [0.1, 0.15) is 5.56 Å². The van der Waals surface area contributed by atoms with E-state index in [4.69, 9.17) is 4.74 Å². The zero-order chi connectivity index (χ0) is 12.1. The minimum absolute atomic E-state index is 0.0503. The highest BCUT2D eigenvalue weighted by Crippen LogP contribution is 2.27. The lowest BCUT2D eigenvalue weighted by atomic mass is 10.1. The van der Waals surface area contributed by atoms with Gasteiger partial charge in [-0.1, -0.05) is 6.08 Å². The predicted octanol–water partition coefficient (Wildman–Crippen LogP) is 1.34. The lowest BCUT2D eigenvalue weighted by Gasteiger charge is -2.07. The summed E-state index contributed by atoms with van der Waals surface area (Å²) >= 11 is 0. The van der Waals surface area contributed by atoms with Crippen LogP contribution in [0.25, 0.3) is 0 Å². The van der Waals surface area contributed by atoms with Gasteiger partial charge in [-0.15, -0.1) is 6.58 Å². The number of carbonyl (C=O) groups excluding carboxylic acids is 1. The normalized spacial score (nSPS) is 12.7. The summed E-state index contributed by atoms with van der Waals surface area (Å²) in [6, 6.07) is 5.72. The number of rotatable bonds is 5. The van der Waals surface area contributed by atoms with E-state index in [9.17, 15) is 4.79 Å². The number of carbonyl (C=O) groups is 1. The fourth-order valence-electron chi connectivity index (χ4n) is 1.76. The highest BCUT2D eigenvalue weighted by Gasteiger charge is 2.12. The van der Waals surface area contributed by atoms with E-state index >= 15 is 0 Å². The molecule has 1 aromatic rings.